The predicted octanol–water partition coefficient (Wildman–Crippen LogP) is 4.35. The van der Waals surface area contributed by atoms with Crippen molar-refractivity contribution < 1.29 is 14.3 Å². The molecule has 0 fully saturated rings. The first-order valence-electron chi connectivity index (χ1n) is 8.09. The molecule has 25 heavy (non-hydrogen) atoms. The summed E-state index contributed by atoms with van der Waals surface area (Å²) in [5.74, 6) is 1.69. The molecule has 1 aromatic carbocycles. The average molecular weight is 344 g/mol. The van der Waals surface area contributed by atoms with Gasteiger partial charge in [-0.15, -0.1) is 10.2 Å². The van der Waals surface area contributed by atoms with Crippen LogP contribution in [0.3, 0.4) is 0 Å². The normalized spacial score (nSPS) is 11.1. The number of nitrogens with zero attached hydrogens (tertiary/aromatic N) is 2. The zero-order chi connectivity index (χ0) is 18.4. The zero-order valence-corrected chi connectivity index (χ0v) is 15.2. The minimum Gasteiger partial charge on any atom is -0.491 e. The van der Waals surface area contributed by atoms with E-state index in [1.165, 1.54) is 0 Å². The summed E-state index contributed by atoms with van der Waals surface area (Å²) in [7, 11) is 0. The molecule has 0 saturated heterocycles. The Morgan fingerprint density at radius 3 is 2.12 bits per heavy atom. The van der Waals surface area contributed by atoms with Gasteiger partial charge in [0.2, 0.25) is 0 Å². The first-order valence-corrected chi connectivity index (χ1v) is 8.09. The maximum absolute atomic E-state index is 11.7. The van der Waals surface area contributed by atoms with Crippen LogP contribution in [0, 0.1) is 0 Å². The number of benzene rings is 1. The molecule has 1 amide bonds. The van der Waals surface area contributed by atoms with E-state index in [2.05, 4.69) is 20.8 Å². The van der Waals surface area contributed by atoms with Crippen LogP contribution in [0.2, 0.25) is 0 Å². The molecule has 7 heteroatoms. The van der Waals surface area contributed by atoms with E-state index in [0.717, 1.165) is 11.4 Å². The molecule has 7 nitrogen and oxygen atoms in total. The van der Waals surface area contributed by atoms with Gasteiger partial charge in [0.1, 0.15) is 11.4 Å². The third-order valence-corrected chi connectivity index (χ3v) is 2.79. The summed E-state index contributed by atoms with van der Waals surface area (Å²) >= 11 is 0. The lowest BCUT2D eigenvalue weighted by Crippen LogP contribution is -2.27. The Morgan fingerprint density at radius 1 is 1.00 bits per heavy atom. The highest BCUT2D eigenvalue weighted by molar-refractivity contribution is 5.83. The van der Waals surface area contributed by atoms with E-state index < -0.39 is 11.7 Å². The number of carbonyl (C=O) groups excluding carboxylic acids is 1. The minimum atomic E-state index is -0.566. The van der Waals surface area contributed by atoms with Crippen molar-refractivity contribution in [2.75, 3.05) is 10.6 Å². The van der Waals surface area contributed by atoms with Crippen LogP contribution in [0.15, 0.2) is 36.4 Å². The molecule has 0 bridgehead atoms. The Hall–Kier alpha value is -2.83. The van der Waals surface area contributed by atoms with Gasteiger partial charge in [-0.2, -0.15) is 0 Å². The highest BCUT2D eigenvalue weighted by atomic mass is 16.6. The lowest BCUT2D eigenvalue weighted by molar-refractivity contribution is 0.0635. The first kappa shape index (κ1) is 18.5. The van der Waals surface area contributed by atoms with Crippen molar-refractivity contribution in [3.05, 3.63) is 36.4 Å². The monoisotopic (exact) mass is 344 g/mol. The molecule has 0 atom stereocenters. The topological polar surface area (TPSA) is 85.4 Å². The molecule has 0 saturated carbocycles. The van der Waals surface area contributed by atoms with Crippen LogP contribution in [0.25, 0.3) is 0 Å². The van der Waals surface area contributed by atoms with E-state index in [9.17, 15) is 4.79 Å². The highest BCUT2D eigenvalue weighted by Gasteiger charge is 2.16. The standard InChI is InChI=1S/C18H24N4O3/c1-12(2)24-14-8-6-13(7-9-14)19-15-10-11-16(22-21-15)20-17(23)25-18(3,4)5/h6-12H,1-5H3,(H,19,21)(H,20,22,23). The van der Waals surface area contributed by atoms with Gasteiger partial charge in [-0.25, -0.2) is 4.79 Å². The van der Waals surface area contributed by atoms with E-state index in [1.54, 1.807) is 32.9 Å². The summed E-state index contributed by atoms with van der Waals surface area (Å²) in [4.78, 5) is 11.7. The van der Waals surface area contributed by atoms with Crippen LogP contribution in [0.4, 0.5) is 22.1 Å². The quantitative estimate of drug-likeness (QED) is 0.838. The maximum atomic E-state index is 11.7. The Kier molecular flexibility index (Phi) is 5.80. The number of amides is 1. The first-order chi connectivity index (χ1) is 11.7. The number of nitrogens with one attached hydrogen (secondary N) is 2. The molecule has 0 aliphatic rings. The molecule has 2 N–H and O–H groups in total. The fourth-order valence-corrected chi connectivity index (χ4v) is 1.91. The van der Waals surface area contributed by atoms with Crippen molar-refractivity contribution >= 4 is 23.4 Å². The van der Waals surface area contributed by atoms with Gasteiger partial charge in [0, 0.05) is 5.69 Å². The molecular formula is C18H24N4O3. The summed E-state index contributed by atoms with van der Waals surface area (Å²) < 4.78 is 10.8. The van der Waals surface area contributed by atoms with Crippen molar-refractivity contribution in [2.24, 2.45) is 0 Å². The number of hydrogen-bond acceptors (Lipinski definition) is 6. The number of ether oxygens (including phenoxy) is 2. The lowest BCUT2D eigenvalue weighted by Gasteiger charge is -2.19. The molecule has 2 rings (SSSR count). The van der Waals surface area contributed by atoms with Gasteiger partial charge < -0.3 is 14.8 Å². The van der Waals surface area contributed by atoms with Crippen LogP contribution in [-0.2, 0) is 4.74 Å². The zero-order valence-electron chi connectivity index (χ0n) is 15.2. The van der Waals surface area contributed by atoms with Crippen LogP contribution >= 0.6 is 0 Å². The SMILES string of the molecule is CC(C)Oc1ccc(Nc2ccc(NC(=O)OC(C)(C)C)nn2)cc1. The van der Waals surface area contributed by atoms with Gasteiger partial charge in [0.05, 0.1) is 6.10 Å². The lowest BCUT2D eigenvalue weighted by atomic mass is 10.2. The third-order valence-electron chi connectivity index (χ3n) is 2.79. The number of rotatable bonds is 5. The molecule has 0 aliphatic heterocycles. The summed E-state index contributed by atoms with van der Waals surface area (Å²) in [6, 6.07) is 10.9. The van der Waals surface area contributed by atoms with Crippen molar-refractivity contribution in [1.82, 2.24) is 10.2 Å². The van der Waals surface area contributed by atoms with E-state index in [0.29, 0.717) is 11.6 Å². The van der Waals surface area contributed by atoms with Gasteiger partial charge in [-0.3, -0.25) is 5.32 Å². The number of anilines is 3. The molecule has 2 aromatic rings. The van der Waals surface area contributed by atoms with Gasteiger partial charge in [-0.05, 0) is 71.0 Å². The van der Waals surface area contributed by atoms with Crippen LogP contribution in [-0.4, -0.2) is 28.0 Å². The molecule has 0 spiro atoms. The molecule has 0 radical (unpaired) electrons. The second kappa shape index (κ2) is 7.83. The van der Waals surface area contributed by atoms with E-state index in [4.69, 9.17) is 9.47 Å². The molecular weight excluding hydrogens is 320 g/mol. The van der Waals surface area contributed by atoms with Gasteiger partial charge in [-0.1, -0.05) is 0 Å². The van der Waals surface area contributed by atoms with Crippen molar-refractivity contribution in [3.8, 4) is 5.75 Å². The maximum Gasteiger partial charge on any atom is 0.413 e. The van der Waals surface area contributed by atoms with E-state index in [-0.39, 0.29) is 6.10 Å². The molecule has 0 unspecified atom stereocenters. The Labute approximate surface area is 147 Å². The van der Waals surface area contributed by atoms with Crippen LogP contribution in [0.1, 0.15) is 34.6 Å². The van der Waals surface area contributed by atoms with E-state index in [1.807, 2.05) is 38.1 Å². The minimum absolute atomic E-state index is 0.134. The predicted molar refractivity (Wildman–Crippen MR) is 97.4 cm³/mol. The molecule has 0 aliphatic carbocycles. The van der Waals surface area contributed by atoms with Crippen molar-refractivity contribution in [2.45, 2.75) is 46.3 Å². The van der Waals surface area contributed by atoms with Crippen molar-refractivity contribution in [1.29, 1.82) is 0 Å². The number of carbonyl (C=O) groups is 1. The fraction of sp³-hybridized carbons (Fsp3) is 0.389. The highest BCUT2D eigenvalue weighted by Crippen LogP contribution is 2.20. The second-order valence-electron chi connectivity index (χ2n) is 6.75. The number of aromatic nitrogens is 2. The molecule has 1 heterocycles. The summed E-state index contributed by atoms with van der Waals surface area (Å²) in [5, 5.41) is 13.7. The van der Waals surface area contributed by atoms with Gasteiger partial charge in [0.15, 0.2) is 11.6 Å². The fourth-order valence-electron chi connectivity index (χ4n) is 1.91. The summed E-state index contributed by atoms with van der Waals surface area (Å²) in [5.41, 5.74) is 0.294. The smallest absolute Gasteiger partial charge is 0.413 e. The van der Waals surface area contributed by atoms with Crippen LogP contribution < -0.4 is 15.4 Å². The Bertz CT molecular complexity index is 692. The second-order valence-corrected chi connectivity index (χ2v) is 6.75. The Balaban J connectivity index is 1.92. The van der Waals surface area contributed by atoms with Crippen LogP contribution in [0.5, 0.6) is 5.75 Å². The molecule has 134 valence electrons. The van der Waals surface area contributed by atoms with Gasteiger partial charge >= 0.3 is 6.09 Å². The van der Waals surface area contributed by atoms with E-state index >= 15 is 0 Å². The summed E-state index contributed by atoms with van der Waals surface area (Å²) in [6.45, 7) is 9.34. The Morgan fingerprint density at radius 2 is 1.60 bits per heavy atom. The summed E-state index contributed by atoms with van der Waals surface area (Å²) in [6.07, 6.45) is -0.432. The van der Waals surface area contributed by atoms with Crippen molar-refractivity contribution in [3.63, 3.8) is 0 Å². The average Bonchev–Trinajstić information content (AvgIpc) is 2.49. The number of hydrogen-bond donors (Lipinski definition) is 2. The molecule has 1 aromatic heterocycles. The third kappa shape index (κ3) is 6.66. The largest absolute Gasteiger partial charge is 0.491 e. The van der Waals surface area contributed by atoms with Gasteiger partial charge in [0.25, 0.3) is 0 Å².